The van der Waals surface area contributed by atoms with Gasteiger partial charge in [0.2, 0.25) is 0 Å². The van der Waals surface area contributed by atoms with Crippen LogP contribution in [-0.4, -0.2) is 23.3 Å². The normalized spacial score (nSPS) is 24.0. The van der Waals surface area contributed by atoms with Crippen LogP contribution in [0.25, 0.3) is 0 Å². The van der Waals surface area contributed by atoms with Gasteiger partial charge in [-0.3, -0.25) is 0 Å². The van der Waals surface area contributed by atoms with Crippen LogP contribution in [0.4, 0.5) is 0 Å². The Labute approximate surface area is 136 Å². The molecule has 116 valence electrons. The van der Waals surface area contributed by atoms with Crippen LogP contribution in [0, 0.1) is 0 Å². The minimum Gasteiger partial charge on any atom is -0.391 e. The van der Waals surface area contributed by atoms with Gasteiger partial charge in [-0.25, -0.2) is 0 Å². The second kappa shape index (κ2) is 5.73. The molecule has 0 aliphatic heterocycles. The number of benzene rings is 1. The van der Waals surface area contributed by atoms with Crippen molar-refractivity contribution in [2.45, 2.75) is 62.5 Å². The van der Waals surface area contributed by atoms with Gasteiger partial charge < -0.3 is 10.4 Å². The van der Waals surface area contributed by atoms with Gasteiger partial charge in [0.15, 0.2) is 0 Å². The summed E-state index contributed by atoms with van der Waals surface area (Å²) in [6, 6.07) is 5.78. The van der Waals surface area contributed by atoms with Crippen molar-refractivity contribution in [3.63, 3.8) is 0 Å². The number of aliphatic hydroxyl groups is 1. The molecule has 2 N–H and O–H groups in total. The van der Waals surface area contributed by atoms with Gasteiger partial charge in [-0.1, -0.05) is 35.7 Å². The number of aliphatic hydroxyl groups excluding tert-OH is 1. The molecule has 2 aliphatic carbocycles. The summed E-state index contributed by atoms with van der Waals surface area (Å²) in [6.07, 6.45) is 6.53. The molecule has 0 saturated heterocycles. The van der Waals surface area contributed by atoms with Gasteiger partial charge in [0.1, 0.15) is 0 Å². The maximum atomic E-state index is 10.8. The van der Waals surface area contributed by atoms with Gasteiger partial charge in [-0.2, -0.15) is 0 Å². The van der Waals surface area contributed by atoms with Crippen LogP contribution in [0.2, 0.25) is 10.0 Å². The molecule has 3 rings (SSSR count). The largest absolute Gasteiger partial charge is 0.391 e. The number of β-amino-alcohol motifs (C(OH)–C–C–N with tert-alkyl or cyclic N) is 1. The monoisotopic (exact) mass is 327 g/mol. The molecule has 0 spiro atoms. The molecule has 0 bridgehead atoms. The first-order valence-electron chi connectivity index (χ1n) is 7.84. The second-order valence-corrected chi connectivity index (χ2v) is 7.76. The lowest BCUT2D eigenvalue weighted by Crippen LogP contribution is -2.56. The Morgan fingerprint density at radius 2 is 1.81 bits per heavy atom. The number of nitrogens with one attached hydrogen (secondary N) is 1. The summed E-state index contributed by atoms with van der Waals surface area (Å²) < 4.78 is 0. The van der Waals surface area contributed by atoms with Crippen molar-refractivity contribution < 1.29 is 5.11 Å². The molecule has 0 amide bonds. The van der Waals surface area contributed by atoms with Gasteiger partial charge >= 0.3 is 0 Å². The maximum absolute atomic E-state index is 10.8. The Hall–Kier alpha value is -0.280. The van der Waals surface area contributed by atoms with Crippen molar-refractivity contribution in [1.82, 2.24) is 5.32 Å². The van der Waals surface area contributed by atoms with Crippen LogP contribution >= 0.6 is 23.2 Å². The molecule has 21 heavy (non-hydrogen) atoms. The molecule has 1 atom stereocenters. The molecule has 2 fully saturated rings. The molecular formula is C17H23Cl2NO. The van der Waals surface area contributed by atoms with E-state index in [0.29, 0.717) is 16.6 Å². The number of hydrogen-bond acceptors (Lipinski definition) is 2. The van der Waals surface area contributed by atoms with Crippen LogP contribution in [0.15, 0.2) is 18.2 Å². The molecule has 1 aromatic rings. The van der Waals surface area contributed by atoms with E-state index in [2.05, 4.69) is 12.2 Å². The highest BCUT2D eigenvalue weighted by Gasteiger charge is 2.45. The highest BCUT2D eigenvalue weighted by Crippen LogP contribution is 2.47. The van der Waals surface area contributed by atoms with Crippen molar-refractivity contribution in [3.8, 4) is 0 Å². The Morgan fingerprint density at radius 1 is 1.14 bits per heavy atom. The number of rotatable bonds is 5. The Morgan fingerprint density at radius 3 is 2.29 bits per heavy atom. The first kappa shape index (κ1) is 15.6. The SMILES string of the molecule is CC1(NCC(O)C2(c3ccc(Cl)c(Cl)c3)CCC2)CCC1. The van der Waals surface area contributed by atoms with E-state index in [1.807, 2.05) is 18.2 Å². The zero-order valence-corrected chi connectivity index (χ0v) is 14.0. The molecule has 2 aliphatic rings. The Balaban J connectivity index is 1.74. The average Bonchev–Trinajstić information content (AvgIpc) is 2.37. The lowest BCUT2D eigenvalue weighted by Gasteiger charge is -2.48. The Kier molecular flexibility index (Phi) is 4.26. The number of hydrogen-bond donors (Lipinski definition) is 2. The Bertz CT molecular complexity index is 524. The number of halogens is 2. The van der Waals surface area contributed by atoms with E-state index in [1.165, 1.54) is 19.3 Å². The van der Waals surface area contributed by atoms with Crippen LogP contribution in [0.3, 0.4) is 0 Å². The molecule has 0 radical (unpaired) electrons. The molecule has 4 heteroatoms. The lowest BCUT2D eigenvalue weighted by molar-refractivity contribution is 0.0185. The summed E-state index contributed by atoms with van der Waals surface area (Å²) in [7, 11) is 0. The van der Waals surface area contributed by atoms with E-state index < -0.39 is 0 Å². The molecule has 1 unspecified atom stereocenters. The van der Waals surface area contributed by atoms with Crippen LogP contribution in [0.1, 0.15) is 51.0 Å². The fraction of sp³-hybridized carbons (Fsp3) is 0.647. The van der Waals surface area contributed by atoms with E-state index >= 15 is 0 Å². The maximum Gasteiger partial charge on any atom is 0.0761 e. The summed E-state index contributed by atoms with van der Waals surface area (Å²) in [5, 5.41) is 15.5. The summed E-state index contributed by atoms with van der Waals surface area (Å²) in [6.45, 7) is 2.90. The zero-order chi connectivity index (χ0) is 15.1. The lowest BCUT2D eigenvalue weighted by atomic mass is 9.61. The third-order valence-electron chi connectivity index (χ3n) is 5.56. The van der Waals surface area contributed by atoms with E-state index in [9.17, 15) is 5.11 Å². The molecule has 0 heterocycles. The summed E-state index contributed by atoms with van der Waals surface area (Å²) >= 11 is 12.2. The van der Waals surface area contributed by atoms with E-state index in [1.54, 1.807) is 0 Å². The first-order valence-corrected chi connectivity index (χ1v) is 8.59. The fourth-order valence-corrected chi connectivity index (χ4v) is 3.90. The summed E-state index contributed by atoms with van der Waals surface area (Å²) in [4.78, 5) is 0. The van der Waals surface area contributed by atoms with Crippen LogP contribution in [0.5, 0.6) is 0 Å². The second-order valence-electron chi connectivity index (χ2n) is 6.95. The third kappa shape index (κ3) is 2.84. The molecule has 0 aromatic heterocycles. The standard InChI is InChI=1S/C17H23Cl2NO/c1-16(6-2-7-16)20-11-15(21)17(8-3-9-17)12-4-5-13(18)14(19)10-12/h4-5,10,15,20-21H,2-3,6-9,11H2,1H3. The summed E-state index contributed by atoms with van der Waals surface area (Å²) in [5.41, 5.74) is 1.20. The fourth-order valence-electron chi connectivity index (χ4n) is 3.60. The van der Waals surface area contributed by atoms with Gasteiger partial charge in [-0.15, -0.1) is 0 Å². The van der Waals surface area contributed by atoms with Crippen LogP contribution < -0.4 is 5.32 Å². The van der Waals surface area contributed by atoms with E-state index in [-0.39, 0.29) is 17.1 Å². The molecule has 2 saturated carbocycles. The van der Waals surface area contributed by atoms with Gasteiger partial charge in [0.05, 0.1) is 16.1 Å². The molecule has 2 nitrogen and oxygen atoms in total. The predicted octanol–water partition coefficient (Wildman–Crippen LogP) is 4.31. The van der Waals surface area contributed by atoms with Crippen molar-refractivity contribution >= 4 is 23.2 Å². The minimum atomic E-state index is -0.374. The zero-order valence-electron chi connectivity index (χ0n) is 12.5. The highest BCUT2D eigenvalue weighted by atomic mass is 35.5. The van der Waals surface area contributed by atoms with Gasteiger partial charge in [0, 0.05) is 17.5 Å². The van der Waals surface area contributed by atoms with Crippen molar-refractivity contribution in [3.05, 3.63) is 33.8 Å². The molecule has 1 aromatic carbocycles. The van der Waals surface area contributed by atoms with E-state index in [4.69, 9.17) is 23.2 Å². The predicted molar refractivity (Wildman–Crippen MR) is 88.3 cm³/mol. The van der Waals surface area contributed by atoms with E-state index in [0.717, 1.165) is 24.8 Å². The van der Waals surface area contributed by atoms with Gasteiger partial charge in [-0.05, 0) is 56.7 Å². The van der Waals surface area contributed by atoms with Crippen molar-refractivity contribution in [2.24, 2.45) is 0 Å². The summed E-state index contributed by atoms with van der Waals surface area (Å²) in [5.74, 6) is 0. The van der Waals surface area contributed by atoms with Crippen molar-refractivity contribution in [1.29, 1.82) is 0 Å². The average molecular weight is 328 g/mol. The first-order chi connectivity index (χ1) is 9.95. The van der Waals surface area contributed by atoms with Crippen LogP contribution in [-0.2, 0) is 5.41 Å². The topological polar surface area (TPSA) is 32.3 Å². The highest BCUT2D eigenvalue weighted by molar-refractivity contribution is 6.42. The minimum absolute atomic E-state index is 0.151. The smallest absolute Gasteiger partial charge is 0.0761 e. The van der Waals surface area contributed by atoms with Gasteiger partial charge in [0.25, 0.3) is 0 Å². The third-order valence-corrected chi connectivity index (χ3v) is 6.30. The quantitative estimate of drug-likeness (QED) is 0.844. The van der Waals surface area contributed by atoms with Crippen molar-refractivity contribution in [2.75, 3.05) is 6.54 Å². The molecular weight excluding hydrogens is 305 g/mol.